The Labute approximate surface area is 130 Å². The van der Waals surface area contributed by atoms with Crippen molar-refractivity contribution in [3.05, 3.63) is 0 Å². The molecular weight excluding hydrogens is 270 g/mol. The highest BCUT2D eigenvalue weighted by Gasteiger charge is 2.31. The molecule has 1 atom stereocenters. The molecule has 0 spiro atoms. The fourth-order valence-electron chi connectivity index (χ4n) is 2.02. The van der Waals surface area contributed by atoms with Gasteiger partial charge in [-0.05, 0) is 18.8 Å². The van der Waals surface area contributed by atoms with Crippen LogP contribution in [0.4, 0.5) is 0 Å². The largest absolute Gasteiger partial charge is 0.396 e. The first-order chi connectivity index (χ1) is 10.1. The van der Waals surface area contributed by atoms with E-state index >= 15 is 0 Å². The number of nitrogens with two attached hydrogens (primary N) is 1. The Morgan fingerprint density at radius 1 is 0.952 bits per heavy atom. The number of rotatable bonds is 15. The predicted octanol–water partition coefficient (Wildman–Crippen LogP) is 1.82. The van der Waals surface area contributed by atoms with Crippen LogP contribution in [0.2, 0.25) is 0 Å². The summed E-state index contributed by atoms with van der Waals surface area (Å²) in [5.74, 6) is 0.340. The van der Waals surface area contributed by atoms with Crippen molar-refractivity contribution in [3.63, 3.8) is 0 Å². The SMILES string of the molecule is CCCCOCCOCCOCCC(CN)(CO)C(C)C. The number of hydrogen-bond acceptors (Lipinski definition) is 5. The van der Waals surface area contributed by atoms with Gasteiger partial charge in [0.2, 0.25) is 0 Å². The zero-order chi connectivity index (χ0) is 16.0. The smallest absolute Gasteiger partial charge is 0.0701 e. The van der Waals surface area contributed by atoms with E-state index in [0.29, 0.717) is 45.5 Å². The fraction of sp³-hybridized carbons (Fsp3) is 1.00. The van der Waals surface area contributed by atoms with Gasteiger partial charge in [-0.2, -0.15) is 0 Å². The molecular formula is C16H35NO4. The third-order valence-corrected chi connectivity index (χ3v) is 4.08. The molecule has 0 saturated carbocycles. The summed E-state index contributed by atoms with van der Waals surface area (Å²) in [6.45, 7) is 10.7. The molecule has 0 aromatic rings. The quantitative estimate of drug-likeness (QED) is 0.451. The van der Waals surface area contributed by atoms with Crippen molar-refractivity contribution in [1.82, 2.24) is 0 Å². The summed E-state index contributed by atoms with van der Waals surface area (Å²) < 4.78 is 16.4. The zero-order valence-corrected chi connectivity index (χ0v) is 14.1. The van der Waals surface area contributed by atoms with Crippen molar-refractivity contribution in [2.45, 2.75) is 40.0 Å². The Morgan fingerprint density at radius 3 is 1.90 bits per heavy atom. The zero-order valence-electron chi connectivity index (χ0n) is 14.1. The molecule has 0 aliphatic carbocycles. The second-order valence-electron chi connectivity index (χ2n) is 5.82. The standard InChI is InChI=1S/C16H35NO4/c1-4-5-7-19-9-11-21-12-10-20-8-6-16(13-17,14-18)15(2)3/h15,18H,4-14,17H2,1-3H3. The van der Waals surface area contributed by atoms with Crippen molar-refractivity contribution >= 4 is 0 Å². The fourth-order valence-corrected chi connectivity index (χ4v) is 2.02. The van der Waals surface area contributed by atoms with E-state index in [2.05, 4.69) is 20.8 Å². The molecule has 0 aliphatic heterocycles. The molecule has 0 saturated heterocycles. The molecule has 0 heterocycles. The lowest BCUT2D eigenvalue weighted by Crippen LogP contribution is -2.40. The van der Waals surface area contributed by atoms with Gasteiger partial charge in [0.25, 0.3) is 0 Å². The first kappa shape index (κ1) is 20.8. The van der Waals surface area contributed by atoms with E-state index < -0.39 is 0 Å². The van der Waals surface area contributed by atoms with Crippen LogP contribution in [-0.4, -0.2) is 57.9 Å². The van der Waals surface area contributed by atoms with Crippen LogP contribution in [0.5, 0.6) is 0 Å². The van der Waals surface area contributed by atoms with Crippen LogP contribution in [0.3, 0.4) is 0 Å². The summed E-state index contributed by atoms with van der Waals surface area (Å²) in [6, 6.07) is 0. The third-order valence-electron chi connectivity index (χ3n) is 4.08. The minimum atomic E-state index is -0.228. The Bertz CT molecular complexity index is 220. The first-order valence-electron chi connectivity index (χ1n) is 8.17. The molecule has 3 N–H and O–H groups in total. The first-order valence-corrected chi connectivity index (χ1v) is 8.17. The Morgan fingerprint density at radius 2 is 1.48 bits per heavy atom. The Hall–Kier alpha value is -0.200. The molecule has 0 bridgehead atoms. The van der Waals surface area contributed by atoms with E-state index in [1.54, 1.807) is 0 Å². The highest BCUT2D eigenvalue weighted by atomic mass is 16.5. The summed E-state index contributed by atoms with van der Waals surface area (Å²) in [4.78, 5) is 0. The molecule has 5 nitrogen and oxygen atoms in total. The van der Waals surface area contributed by atoms with Crippen LogP contribution in [-0.2, 0) is 14.2 Å². The van der Waals surface area contributed by atoms with Crippen molar-refractivity contribution < 1.29 is 19.3 Å². The Balaban J connectivity index is 3.46. The highest BCUT2D eigenvalue weighted by molar-refractivity contribution is 4.82. The van der Waals surface area contributed by atoms with Gasteiger partial charge in [-0.15, -0.1) is 0 Å². The molecule has 0 aliphatic rings. The van der Waals surface area contributed by atoms with E-state index in [-0.39, 0.29) is 12.0 Å². The monoisotopic (exact) mass is 305 g/mol. The van der Waals surface area contributed by atoms with Gasteiger partial charge in [0.05, 0.1) is 33.0 Å². The van der Waals surface area contributed by atoms with Crippen molar-refractivity contribution in [2.75, 3.05) is 52.8 Å². The van der Waals surface area contributed by atoms with Crippen LogP contribution in [0, 0.1) is 11.3 Å². The topological polar surface area (TPSA) is 73.9 Å². The van der Waals surface area contributed by atoms with Gasteiger partial charge in [-0.1, -0.05) is 27.2 Å². The maximum Gasteiger partial charge on any atom is 0.0701 e. The molecule has 0 aromatic carbocycles. The molecule has 128 valence electrons. The van der Waals surface area contributed by atoms with E-state index in [1.807, 2.05) is 0 Å². The second kappa shape index (κ2) is 13.5. The summed E-state index contributed by atoms with van der Waals surface area (Å²) >= 11 is 0. The van der Waals surface area contributed by atoms with E-state index in [1.165, 1.54) is 0 Å². The third kappa shape index (κ3) is 9.42. The maximum absolute atomic E-state index is 9.53. The molecule has 0 radical (unpaired) electrons. The summed E-state index contributed by atoms with van der Waals surface area (Å²) in [5.41, 5.74) is 5.57. The lowest BCUT2D eigenvalue weighted by Gasteiger charge is -2.34. The van der Waals surface area contributed by atoms with Crippen molar-refractivity contribution in [1.29, 1.82) is 0 Å². The van der Waals surface area contributed by atoms with Crippen molar-refractivity contribution in [3.8, 4) is 0 Å². The summed E-state index contributed by atoms with van der Waals surface area (Å²) in [5, 5.41) is 9.53. The van der Waals surface area contributed by atoms with Gasteiger partial charge in [0.1, 0.15) is 0 Å². The van der Waals surface area contributed by atoms with Crippen LogP contribution in [0.15, 0.2) is 0 Å². The van der Waals surface area contributed by atoms with Crippen molar-refractivity contribution in [2.24, 2.45) is 17.1 Å². The number of hydrogen-bond donors (Lipinski definition) is 2. The number of aliphatic hydroxyl groups is 1. The van der Waals surface area contributed by atoms with Crippen LogP contribution in [0.1, 0.15) is 40.0 Å². The number of aliphatic hydroxyl groups excluding tert-OH is 1. The maximum atomic E-state index is 9.53. The van der Waals surface area contributed by atoms with Gasteiger partial charge in [0.15, 0.2) is 0 Å². The average molecular weight is 305 g/mol. The van der Waals surface area contributed by atoms with E-state index in [0.717, 1.165) is 25.9 Å². The second-order valence-corrected chi connectivity index (χ2v) is 5.82. The number of ether oxygens (including phenoxy) is 3. The molecule has 1 unspecified atom stereocenters. The summed E-state index contributed by atoms with van der Waals surface area (Å²) in [6.07, 6.45) is 3.04. The minimum Gasteiger partial charge on any atom is -0.396 e. The molecule has 0 aromatic heterocycles. The van der Waals surface area contributed by atoms with Gasteiger partial charge in [-0.3, -0.25) is 0 Å². The molecule has 0 rings (SSSR count). The highest BCUT2D eigenvalue weighted by Crippen LogP contribution is 2.29. The lowest BCUT2D eigenvalue weighted by atomic mass is 9.75. The van der Waals surface area contributed by atoms with E-state index in [4.69, 9.17) is 19.9 Å². The number of unbranched alkanes of at least 4 members (excludes halogenated alkanes) is 1. The predicted molar refractivity (Wildman–Crippen MR) is 85.4 cm³/mol. The van der Waals surface area contributed by atoms with Gasteiger partial charge in [0, 0.05) is 25.2 Å². The normalized spacial score (nSPS) is 14.6. The van der Waals surface area contributed by atoms with Gasteiger partial charge >= 0.3 is 0 Å². The van der Waals surface area contributed by atoms with Gasteiger partial charge < -0.3 is 25.1 Å². The van der Waals surface area contributed by atoms with Crippen LogP contribution < -0.4 is 5.73 Å². The molecule has 0 fully saturated rings. The molecule has 5 heteroatoms. The van der Waals surface area contributed by atoms with Crippen LogP contribution in [0.25, 0.3) is 0 Å². The molecule has 21 heavy (non-hydrogen) atoms. The summed E-state index contributed by atoms with van der Waals surface area (Å²) in [7, 11) is 0. The lowest BCUT2D eigenvalue weighted by molar-refractivity contribution is -0.00376. The van der Waals surface area contributed by atoms with Crippen LogP contribution >= 0.6 is 0 Å². The van der Waals surface area contributed by atoms with E-state index in [9.17, 15) is 5.11 Å². The minimum absolute atomic E-state index is 0.107. The Kier molecular flexibility index (Phi) is 13.3. The van der Waals surface area contributed by atoms with Gasteiger partial charge in [-0.25, -0.2) is 0 Å². The average Bonchev–Trinajstić information content (AvgIpc) is 2.49. The molecule has 0 amide bonds.